The molecule has 1 N–H and O–H groups in total. The van der Waals surface area contributed by atoms with E-state index in [0.29, 0.717) is 0 Å². The van der Waals surface area contributed by atoms with Crippen LogP contribution in [0.15, 0.2) is 54.9 Å². The van der Waals surface area contributed by atoms with E-state index in [1.807, 2.05) is 42.7 Å². The minimum atomic E-state index is 0.826. The molecular weight excluding hydrogens is 228 g/mol. The van der Waals surface area contributed by atoms with Gasteiger partial charge in [0.25, 0.3) is 0 Å². The summed E-state index contributed by atoms with van der Waals surface area (Å²) in [5, 5.41) is 1.13. The van der Waals surface area contributed by atoms with E-state index >= 15 is 0 Å². The fourth-order valence-electron chi connectivity index (χ4n) is 1.83. The summed E-state index contributed by atoms with van der Waals surface area (Å²) >= 11 is 5.15. The molecule has 0 saturated carbocycles. The van der Waals surface area contributed by atoms with Crippen LogP contribution in [0, 0.1) is 4.51 Å². The Morgan fingerprint density at radius 1 is 1.06 bits per heavy atom. The molecular formula is C14H10N2S. The Bertz CT molecular complexity index is 731. The van der Waals surface area contributed by atoms with Gasteiger partial charge in [0.2, 0.25) is 0 Å². The molecule has 0 amide bonds. The minimum absolute atomic E-state index is 0.826. The smallest absolute Gasteiger partial charge is 0.0702 e. The summed E-state index contributed by atoms with van der Waals surface area (Å²) in [4.78, 5) is 7.62. The Morgan fingerprint density at radius 2 is 1.94 bits per heavy atom. The fraction of sp³-hybridized carbons (Fsp3) is 0. The van der Waals surface area contributed by atoms with Gasteiger partial charge in [-0.15, -0.1) is 0 Å². The number of nitrogens with zero attached hydrogens (tertiary/aromatic N) is 1. The number of aromatic nitrogens is 2. The number of fused-ring (bicyclic) bond motifs is 1. The number of pyridine rings is 2. The molecule has 82 valence electrons. The third-order valence-electron chi connectivity index (χ3n) is 2.67. The third-order valence-corrected chi connectivity index (χ3v) is 2.93. The molecule has 0 bridgehead atoms. The standard InChI is InChI=1S/C14H10N2S/c17-12-5-6-15-14(8-12)11-7-10-3-1-2-4-13(10)16-9-11/h1-9H,(H,15,17). The molecule has 2 nitrogen and oxygen atoms in total. The molecule has 17 heavy (non-hydrogen) atoms. The Labute approximate surface area is 104 Å². The van der Waals surface area contributed by atoms with Crippen molar-refractivity contribution in [3.05, 3.63) is 59.4 Å². The number of para-hydroxylation sites is 1. The minimum Gasteiger partial charge on any atom is -0.361 e. The maximum Gasteiger partial charge on any atom is 0.0702 e. The van der Waals surface area contributed by atoms with Gasteiger partial charge in [-0.05, 0) is 24.3 Å². The Kier molecular flexibility index (Phi) is 2.46. The van der Waals surface area contributed by atoms with Crippen LogP contribution in [-0.4, -0.2) is 9.97 Å². The lowest BCUT2D eigenvalue weighted by Gasteiger charge is -2.03. The van der Waals surface area contributed by atoms with Crippen molar-refractivity contribution in [1.82, 2.24) is 9.97 Å². The zero-order valence-electron chi connectivity index (χ0n) is 9.05. The van der Waals surface area contributed by atoms with Gasteiger partial charge in [-0.2, -0.15) is 0 Å². The van der Waals surface area contributed by atoms with E-state index in [0.717, 1.165) is 26.7 Å². The molecule has 3 aromatic rings. The highest BCUT2D eigenvalue weighted by molar-refractivity contribution is 7.71. The van der Waals surface area contributed by atoms with Crippen LogP contribution in [0.3, 0.4) is 0 Å². The maximum atomic E-state index is 5.15. The highest BCUT2D eigenvalue weighted by Gasteiger charge is 2.00. The van der Waals surface area contributed by atoms with E-state index in [4.69, 9.17) is 12.2 Å². The molecule has 0 fully saturated rings. The summed E-state index contributed by atoms with van der Waals surface area (Å²) in [7, 11) is 0. The van der Waals surface area contributed by atoms with Crippen molar-refractivity contribution in [2.75, 3.05) is 0 Å². The van der Waals surface area contributed by atoms with E-state index < -0.39 is 0 Å². The van der Waals surface area contributed by atoms with Crippen molar-refractivity contribution in [3.8, 4) is 11.3 Å². The third kappa shape index (κ3) is 1.97. The van der Waals surface area contributed by atoms with Crippen molar-refractivity contribution in [2.24, 2.45) is 0 Å². The van der Waals surface area contributed by atoms with Crippen molar-refractivity contribution < 1.29 is 0 Å². The van der Waals surface area contributed by atoms with E-state index in [1.165, 1.54) is 0 Å². The van der Waals surface area contributed by atoms with Crippen LogP contribution in [-0.2, 0) is 0 Å². The summed E-state index contributed by atoms with van der Waals surface area (Å²) in [5.74, 6) is 0. The second kappa shape index (κ2) is 4.11. The maximum absolute atomic E-state index is 5.15. The number of nitrogens with one attached hydrogen (secondary N) is 1. The first-order valence-electron chi connectivity index (χ1n) is 5.37. The van der Waals surface area contributed by atoms with Gasteiger partial charge >= 0.3 is 0 Å². The highest BCUT2D eigenvalue weighted by atomic mass is 32.1. The molecule has 0 radical (unpaired) electrons. The van der Waals surface area contributed by atoms with E-state index in [1.54, 1.807) is 0 Å². The van der Waals surface area contributed by atoms with Crippen molar-refractivity contribution >= 4 is 23.1 Å². The predicted octanol–water partition coefficient (Wildman–Crippen LogP) is 3.96. The molecule has 1 aromatic carbocycles. The molecule has 2 heterocycles. The summed E-state index contributed by atoms with van der Waals surface area (Å²) in [6, 6.07) is 14.0. The molecule has 2 aromatic heterocycles. The van der Waals surface area contributed by atoms with Crippen LogP contribution in [0.5, 0.6) is 0 Å². The van der Waals surface area contributed by atoms with Crippen LogP contribution >= 0.6 is 12.2 Å². The lowest BCUT2D eigenvalue weighted by Crippen LogP contribution is -1.85. The largest absolute Gasteiger partial charge is 0.361 e. The van der Waals surface area contributed by atoms with Crippen molar-refractivity contribution in [1.29, 1.82) is 0 Å². The number of H-pyrrole nitrogens is 1. The molecule has 0 aliphatic carbocycles. The van der Waals surface area contributed by atoms with Crippen LogP contribution in [0.2, 0.25) is 0 Å². The van der Waals surface area contributed by atoms with Gasteiger partial charge in [0.15, 0.2) is 0 Å². The molecule has 0 aliphatic heterocycles. The van der Waals surface area contributed by atoms with E-state index in [2.05, 4.69) is 22.1 Å². The van der Waals surface area contributed by atoms with Gasteiger partial charge in [0, 0.05) is 33.5 Å². The number of benzene rings is 1. The lowest BCUT2D eigenvalue weighted by atomic mass is 10.1. The van der Waals surface area contributed by atoms with Crippen LogP contribution in [0.1, 0.15) is 0 Å². The zero-order valence-corrected chi connectivity index (χ0v) is 9.87. The second-order valence-corrected chi connectivity index (χ2v) is 4.33. The molecule has 0 unspecified atom stereocenters. The van der Waals surface area contributed by atoms with Gasteiger partial charge in [-0.25, -0.2) is 0 Å². The van der Waals surface area contributed by atoms with Gasteiger partial charge in [0.05, 0.1) is 5.52 Å². The number of hydrogen-bond donors (Lipinski definition) is 1. The number of rotatable bonds is 1. The first-order valence-corrected chi connectivity index (χ1v) is 5.78. The normalized spacial score (nSPS) is 10.6. The van der Waals surface area contributed by atoms with Gasteiger partial charge < -0.3 is 4.98 Å². The molecule has 0 saturated heterocycles. The first kappa shape index (κ1) is 10.2. The quantitative estimate of drug-likeness (QED) is 0.650. The SMILES string of the molecule is S=c1cc[nH]c(-c2cnc3ccccc3c2)c1. The Hall–Kier alpha value is -2.00. The van der Waals surface area contributed by atoms with Crippen molar-refractivity contribution in [2.45, 2.75) is 0 Å². The molecule has 0 spiro atoms. The summed E-state index contributed by atoms with van der Waals surface area (Å²) in [6.07, 6.45) is 3.72. The van der Waals surface area contributed by atoms with E-state index in [-0.39, 0.29) is 0 Å². The van der Waals surface area contributed by atoms with Crippen LogP contribution in [0.4, 0.5) is 0 Å². The summed E-state index contributed by atoms with van der Waals surface area (Å²) < 4.78 is 0.826. The number of hydrogen-bond acceptors (Lipinski definition) is 2. The zero-order chi connectivity index (χ0) is 11.7. The molecule has 0 aliphatic rings. The lowest BCUT2D eigenvalue weighted by molar-refractivity contribution is 1.30. The molecule has 3 rings (SSSR count). The van der Waals surface area contributed by atoms with Crippen molar-refractivity contribution in [3.63, 3.8) is 0 Å². The number of aromatic amines is 1. The second-order valence-electron chi connectivity index (χ2n) is 3.85. The highest BCUT2D eigenvalue weighted by Crippen LogP contribution is 2.20. The molecule has 3 heteroatoms. The average Bonchev–Trinajstić information content (AvgIpc) is 2.38. The first-order chi connectivity index (χ1) is 8.33. The summed E-state index contributed by atoms with van der Waals surface area (Å²) in [6.45, 7) is 0. The Morgan fingerprint density at radius 3 is 2.82 bits per heavy atom. The topological polar surface area (TPSA) is 28.7 Å². The van der Waals surface area contributed by atoms with Crippen LogP contribution < -0.4 is 0 Å². The average molecular weight is 238 g/mol. The van der Waals surface area contributed by atoms with Gasteiger partial charge in [0.1, 0.15) is 0 Å². The van der Waals surface area contributed by atoms with Gasteiger partial charge in [-0.3, -0.25) is 4.98 Å². The monoisotopic (exact) mass is 238 g/mol. The Balaban J connectivity index is 2.21. The van der Waals surface area contributed by atoms with Gasteiger partial charge in [-0.1, -0.05) is 30.4 Å². The van der Waals surface area contributed by atoms with E-state index in [9.17, 15) is 0 Å². The summed E-state index contributed by atoms with van der Waals surface area (Å²) in [5.41, 5.74) is 3.05. The van der Waals surface area contributed by atoms with Crippen LogP contribution in [0.25, 0.3) is 22.2 Å². The fourth-order valence-corrected chi connectivity index (χ4v) is 2.02. The predicted molar refractivity (Wildman–Crippen MR) is 72.4 cm³/mol. The molecule has 0 atom stereocenters.